The second-order valence-corrected chi connectivity index (χ2v) is 4.90. The van der Waals surface area contributed by atoms with E-state index < -0.39 is 5.60 Å². The average Bonchev–Trinajstić information content (AvgIpc) is 2.84. The Morgan fingerprint density at radius 3 is 2.83 bits per heavy atom. The molecule has 0 radical (unpaired) electrons. The fourth-order valence-corrected chi connectivity index (χ4v) is 2.20. The van der Waals surface area contributed by atoms with Crippen LogP contribution in [0.5, 0.6) is 0 Å². The number of aromatic nitrogens is 1. The Bertz CT molecular complexity index is 372. The van der Waals surface area contributed by atoms with Gasteiger partial charge in [-0.15, -0.1) is 0 Å². The van der Waals surface area contributed by atoms with E-state index in [1.165, 1.54) is 0 Å². The van der Waals surface area contributed by atoms with Crippen LogP contribution in [-0.2, 0) is 17.7 Å². The Kier molecular flexibility index (Phi) is 4.37. The van der Waals surface area contributed by atoms with E-state index in [1.807, 2.05) is 13.8 Å². The number of ether oxygens (including phenoxy) is 1. The van der Waals surface area contributed by atoms with Gasteiger partial charge in [0.2, 0.25) is 0 Å². The van der Waals surface area contributed by atoms with Gasteiger partial charge in [-0.25, -0.2) is 4.98 Å². The lowest BCUT2D eigenvalue weighted by atomic mass is 9.87. The maximum Gasteiger partial charge on any atom is 0.193 e. The van der Waals surface area contributed by atoms with Crippen LogP contribution in [0, 0.1) is 0 Å². The highest BCUT2D eigenvalue weighted by Gasteiger charge is 2.35. The molecule has 0 bridgehead atoms. The van der Waals surface area contributed by atoms with Gasteiger partial charge in [0.15, 0.2) is 5.89 Å². The molecule has 1 unspecified atom stereocenters. The second kappa shape index (κ2) is 5.82. The van der Waals surface area contributed by atoms with E-state index in [0.717, 1.165) is 18.0 Å². The number of aryl methyl sites for hydroxylation is 1. The summed E-state index contributed by atoms with van der Waals surface area (Å²) in [5, 5.41) is 13.8. The Hall–Kier alpha value is -0.910. The molecule has 18 heavy (non-hydrogen) atoms. The van der Waals surface area contributed by atoms with Crippen molar-refractivity contribution >= 4 is 0 Å². The van der Waals surface area contributed by atoms with Gasteiger partial charge in [0.25, 0.3) is 0 Å². The lowest BCUT2D eigenvalue weighted by Gasteiger charge is -2.37. The van der Waals surface area contributed by atoms with Gasteiger partial charge in [-0.2, -0.15) is 0 Å². The quantitative estimate of drug-likeness (QED) is 0.828. The van der Waals surface area contributed by atoms with Crippen molar-refractivity contribution in [3.05, 3.63) is 17.8 Å². The van der Waals surface area contributed by atoms with E-state index in [-0.39, 0.29) is 6.04 Å². The van der Waals surface area contributed by atoms with Crippen molar-refractivity contribution in [3.8, 4) is 0 Å². The highest BCUT2D eigenvalue weighted by atomic mass is 16.5. The average molecular weight is 254 g/mol. The molecule has 1 atom stereocenters. The topological polar surface area (TPSA) is 67.5 Å². The smallest absolute Gasteiger partial charge is 0.193 e. The number of oxazole rings is 1. The van der Waals surface area contributed by atoms with E-state index in [4.69, 9.17) is 9.15 Å². The maximum atomic E-state index is 10.5. The summed E-state index contributed by atoms with van der Waals surface area (Å²) in [5.41, 5.74) is 0.213. The minimum atomic E-state index is -0.671. The van der Waals surface area contributed by atoms with Gasteiger partial charge < -0.3 is 19.6 Å². The molecule has 5 heteroatoms. The number of hydrogen-bond acceptors (Lipinski definition) is 5. The zero-order valence-corrected chi connectivity index (χ0v) is 11.1. The lowest BCUT2D eigenvalue weighted by molar-refractivity contribution is -0.0819. The first kappa shape index (κ1) is 13.5. The molecule has 0 saturated carbocycles. The Morgan fingerprint density at radius 2 is 2.22 bits per heavy atom. The van der Waals surface area contributed by atoms with Crippen LogP contribution in [0.25, 0.3) is 0 Å². The molecule has 1 fully saturated rings. The van der Waals surface area contributed by atoms with Gasteiger partial charge in [0, 0.05) is 45.1 Å². The van der Waals surface area contributed by atoms with Crippen molar-refractivity contribution in [1.29, 1.82) is 0 Å². The van der Waals surface area contributed by atoms with Gasteiger partial charge in [0.1, 0.15) is 6.26 Å². The predicted molar refractivity (Wildman–Crippen MR) is 67.2 cm³/mol. The molecule has 0 spiro atoms. The Labute approximate surface area is 108 Å². The van der Waals surface area contributed by atoms with E-state index in [9.17, 15) is 5.11 Å². The largest absolute Gasteiger partial charge is 0.449 e. The second-order valence-electron chi connectivity index (χ2n) is 4.90. The van der Waals surface area contributed by atoms with Crippen LogP contribution in [0.2, 0.25) is 0 Å². The zero-order valence-electron chi connectivity index (χ0n) is 11.1. The molecule has 2 heterocycles. The first-order chi connectivity index (χ1) is 8.64. The fraction of sp³-hybridized carbons (Fsp3) is 0.769. The van der Waals surface area contributed by atoms with Gasteiger partial charge in [0.05, 0.1) is 11.3 Å². The van der Waals surface area contributed by atoms with Crippen molar-refractivity contribution in [3.63, 3.8) is 0 Å². The Balaban J connectivity index is 1.85. The summed E-state index contributed by atoms with van der Waals surface area (Å²) in [6.07, 6.45) is 3.84. The van der Waals surface area contributed by atoms with Crippen LogP contribution >= 0.6 is 0 Å². The molecule has 2 rings (SSSR count). The molecule has 0 aliphatic carbocycles. The summed E-state index contributed by atoms with van der Waals surface area (Å²) in [7, 11) is 0. The summed E-state index contributed by atoms with van der Waals surface area (Å²) >= 11 is 0. The molecule has 102 valence electrons. The van der Waals surface area contributed by atoms with E-state index in [2.05, 4.69) is 10.3 Å². The summed E-state index contributed by atoms with van der Waals surface area (Å²) in [6, 6.07) is 0.0168. The summed E-state index contributed by atoms with van der Waals surface area (Å²) in [4.78, 5) is 4.33. The lowest BCUT2D eigenvalue weighted by Crippen LogP contribution is -2.51. The van der Waals surface area contributed by atoms with Crippen LogP contribution < -0.4 is 5.32 Å². The standard InChI is InChI=1S/C13H22N2O3/c1-3-12-15-11(9-18-12)8-14-10(2)13(16)4-6-17-7-5-13/h9-10,14,16H,3-8H2,1-2H3. The molecule has 0 aromatic carbocycles. The maximum absolute atomic E-state index is 10.5. The highest BCUT2D eigenvalue weighted by Crippen LogP contribution is 2.24. The van der Waals surface area contributed by atoms with Gasteiger partial charge >= 0.3 is 0 Å². The fourth-order valence-electron chi connectivity index (χ4n) is 2.20. The SMILES string of the molecule is CCc1nc(CNC(C)C2(O)CCOCC2)co1. The third-order valence-corrected chi connectivity index (χ3v) is 3.66. The third-order valence-electron chi connectivity index (χ3n) is 3.66. The Morgan fingerprint density at radius 1 is 1.50 bits per heavy atom. The van der Waals surface area contributed by atoms with Gasteiger partial charge in [-0.1, -0.05) is 6.92 Å². The summed E-state index contributed by atoms with van der Waals surface area (Å²) in [5.74, 6) is 0.754. The molecule has 1 aromatic rings. The molecule has 1 aliphatic rings. The highest BCUT2D eigenvalue weighted by molar-refractivity contribution is 4.98. The number of rotatable bonds is 5. The summed E-state index contributed by atoms with van der Waals surface area (Å²) < 4.78 is 10.6. The number of nitrogens with one attached hydrogen (secondary N) is 1. The molecular formula is C13H22N2O3. The summed E-state index contributed by atoms with van der Waals surface area (Å²) in [6.45, 7) is 5.90. The molecule has 0 amide bonds. The zero-order chi connectivity index (χ0) is 13.0. The molecule has 5 nitrogen and oxygen atoms in total. The number of nitrogens with zero attached hydrogens (tertiary/aromatic N) is 1. The first-order valence-corrected chi connectivity index (χ1v) is 6.61. The van der Waals surface area contributed by atoms with E-state index in [1.54, 1.807) is 6.26 Å². The molecule has 2 N–H and O–H groups in total. The van der Waals surface area contributed by atoms with Crippen molar-refractivity contribution in [1.82, 2.24) is 10.3 Å². The van der Waals surface area contributed by atoms with Crippen molar-refractivity contribution in [2.75, 3.05) is 13.2 Å². The minimum absolute atomic E-state index is 0.0168. The van der Waals surface area contributed by atoms with Crippen LogP contribution in [0.4, 0.5) is 0 Å². The van der Waals surface area contributed by atoms with E-state index in [0.29, 0.717) is 32.6 Å². The van der Waals surface area contributed by atoms with Crippen LogP contribution in [-0.4, -0.2) is 34.9 Å². The monoisotopic (exact) mass is 254 g/mol. The van der Waals surface area contributed by atoms with Gasteiger partial charge in [-0.05, 0) is 6.92 Å². The first-order valence-electron chi connectivity index (χ1n) is 6.61. The van der Waals surface area contributed by atoms with Crippen LogP contribution in [0.1, 0.15) is 38.3 Å². The number of hydrogen-bond donors (Lipinski definition) is 2. The molecule has 1 aromatic heterocycles. The normalized spacial score (nSPS) is 20.8. The molecular weight excluding hydrogens is 232 g/mol. The minimum Gasteiger partial charge on any atom is -0.449 e. The van der Waals surface area contributed by atoms with Crippen LogP contribution in [0.15, 0.2) is 10.7 Å². The van der Waals surface area contributed by atoms with Crippen molar-refractivity contribution in [2.24, 2.45) is 0 Å². The van der Waals surface area contributed by atoms with Crippen molar-refractivity contribution < 1.29 is 14.3 Å². The third kappa shape index (κ3) is 3.10. The van der Waals surface area contributed by atoms with Crippen molar-refractivity contribution in [2.45, 2.75) is 51.3 Å². The molecule has 1 saturated heterocycles. The predicted octanol–water partition coefficient (Wildman–Crippen LogP) is 1.26. The number of aliphatic hydroxyl groups is 1. The van der Waals surface area contributed by atoms with Gasteiger partial charge in [-0.3, -0.25) is 0 Å². The van der Waals surface area contributed by atoms with E-state index >= 15 is 0 Å². The molecule has 1 aliphatic heterocycles. The van der Waals surface area contributed by atoms with Crippen LogP contribution in [0.3, 0.4) is 0 Å².